The van der Waals surface area contributed by atoms with Crippen molar-refractivity contribution in [1.29, 1.82) is 5.26 Å². The Morgan fingerprint density at radius 1 is 1.50 bits per heavy atom. The number of amides is 1. The largest absolute Gasteiger partial charge is 0.334 e. The first-order valence-electron chi connectivity index (χ1n) is 7.01. The smallest absolute Gasteiger partial charge is 0.254 e. The Bertz CT molecular complexity index is 557. The van der Waals surface area contributed by atoms with E-state index >= 15 is 0 Å². The van der Waals surface area contributed by atoms with Crippen molar-refractivity contribution in [3.05, 3.63) is 34.2 Å². The first-order valence-corrected chi connectivity index (χ1v) is 7.01. The number of carbonyl (C=O) groups is 1. The Kier molecular flexibility index (Phi) is 4.23. The molecule has 20 heavy (non-hydrogen) atoms. The number of H-pyrrole nitrogens is 1. The molecule has 0 aromatic carbocycles. The monoisotopic (exact) mass is 273 g/mol. The van der Waals surface area contributed by atoms with Crippen LogP contribution in [0.15, 0.2) is 23.1 Å². The predicted octanol–water partition coefficient (Wildman–Crippen LogP) is 1.97. The molecule has 1 aromatic rings. The highest BCUT2D eigenvalue weighted by Gasteiger charge is 2.36. The Morgan fingerprint density at radius 2 is 2.20 bits per heavy atom. The van der Waals surface area contributed by atoms with E-state index in [4.69, 9.17) is 0 Å². The SMILES string of the molecule is CCC1CCC(C#N)(NC(=O)c2ccc(=O)[nH]c2)CC1. The molecule has 1 fully saturated rings. The molecule has 0 saturated heterocycles. The van der Waals surface area contributed by atoms with Crippen LogP contribution in [0.2, 0.25) is 0 Å². The fourth-order valence-corrected chi connectivity index (χ4v) is 2.68. The number of hydrogen-bond donors (Lipinski definition) is 2. The number of pyridine rings is 1. The first kappa shape index (κ1) is 14.3. The lowest BCUT2D eigenvalue weighted by atomic mass is 9.76. The van der Waals surface area contributed by atoms with Crippen molar-refractivity contribution in [2.45, 2.75) is 44.6 Å². The third-order valence-electron chi connectivity index (χ3n) is 4.15. The molecule has 2 N–H and O–H groups in total. The molecule has 0 unspecified atom stereocenters. The molecular formula is C15H19N3O2. The second kappa shape index (κ2) is 5.91. The van der Waals surface area contributed by atoms with Gasteiger partial charge in [0, 0.05) is 12.3 Å². The van der Waals surface area contributed by atoms with E-state index in [9.17, 15) is 14.9 Å². The lowest BCUT2D eigenvalue weighted by Crippen LogP contribution is -2.49. The van der Waals surface area contributed by atoms with Crippen molar-refractivity contribution >= 4 is 5.91 Å². The van der Waals surface area contributed by atoms with Crippen LogP contribution >= 0.6 is 0 Å². The minimum absolute atomic E-state index is 0.250. The number of aromatic nitrogens is 1. The van der Waals surface area contributed by atoms with E-state index in [0.717, 1.165) is 19.3 Å². The third kappa shape index (κ3) is 3.08. The molecule has 0 bridgehead atoms. The molecule has 1 amide bonds. The van der Waals surface area contributed by atoms with Gasteiger partial charge < -0.3 is 10.3 Å². The summed E-state index contributed by atoms with van der Waals surface area (Å²) >= 11 is 0. The van der Waals surface area contributed by atoms with Gasteiger partial charge in [-0.1, -0.05) is 13.3 Å². The van der Waals surface area contributed by atoms with Gasteiger partial charge in [0.2, 0.25) is 5.56 Å². The van der Waals surface area contributed by atoms with Crippen LogP contribution in [-0.4, -0.2) is 16.4 Å². The number of carbonyl (C=O) groups excluding carboxylic acids is 1. The quantitative estimate of drug-likeness (QED) is 0.882. The van der Waals surface area contributed by atoms with Crippen LogP contribution < -0.4 is 10.9 Å². The molecule has 1 heterocycles. The second-order valence-corrected chi connectivity index (χ2v) is 5.44. The van der Waals surface area contributed by atoms with Crippen LogP contribution in [0, 0.1) is 17.2 Å². The minimum atomic E-state index is -0.765. The van der Waals surface area contributed by atoms with E-state index in [0.29, 0.717) is 24.3 Å². The van der Waals surface area contributed by atoms with Gasteiger partial charge in [0.05, 0.1) is 11.6 Å². The first-order chi connectivity index (χ1) is 9.58. The van der Waals surface area contributed by atoms with Gasteiger partial charge in [-0.05, 0) is 37.7 Å². The highest BCUT2D eigenvalue weighted by Crippen LogP contribution is 2.33. The average Bonchev–Trinajstić information content (AvgIpc) is 2.48. The number of rotatable bonds is 3. The van der Waals surface area contributed by atoms with E-state index in [-0.39, 0.29) is 11.5 Å². The van der Waals surface area contributed by atoms with Crippen molar-refractivity contribution in [3.8, 4) is 6.07 Å². The third-order valence-corrected chi connectivity index (χ3v) is 4.15. The van der Waals surface area contributed by atoms with Crippen LogP contribution in [-0.2, 0) is 0 Å². The van der Waals surface area contributed by atoms with Crippen molar-refractivity contribution in [2.24, 2.45) is 5.92 Å². The maximum Gasteiger partial charge on any atom is 0.254 e. The van der Waals surface area contributed by atoms with Gasteiger partial charge in [-0.15, -0.1) is 0 Å². The van der Waals surface area contributed by atoms with Crippen molar-refractivity contribution in [3.63, 3.8) is 0 Å². The molecule has 106 valence electrons. The zero-order chi connectivity index (χ0) is 14.6. The van der Waals surface area contributed by atoms with Gasteiger partial charge in [0.25, 0.3) is 5.91 Å². The highest BCUT2D eigenvalue weighted by molar-refractivity contribution is 5.94. The van der Waals surface area contributed by atoms with Crippen molar-refractivity contribution in [1.82, 2.24) is 10.3 Å². The number of nitrogens with one attached hydrogen (secondary N) is 2. The Labute approximate surface area is 118 Å². The molecule has 1 aromatic heterocycles. The lowest BCUT2D eigenvalue weighted by molar-refractivity contribution is 0.0891. The van der Waals surface area contributed by atoms with Crippen LogP contribution in [0.1, 0.15) is 49.4 Å². The normalized spacial score (nSPS) is 25.7. The summed E-state index contributed by atoms with van der Waals surface area (Å²) in [4.78, 5) is 25.6. The summed E-state index contributed by atoms with van der Waals surface area (Å²) in [5, 5.41) is 12.3. The predicted molar refractivity (Wildman–Crippen MR) is 75.1 cm³/mol. The zero-order valence-electron chi connectivity index (χ0n) is 11.6. The molecular weight excluding hydrogens is 254 g/mol. The fraction of sp³-hybridized carbons (Fsp3) is 0.533. The molecule has 1 aliphatic rings. The Balaban J connectivity index is 2.07. The molecule has 5 heteroatoms. The van der Waals surface area contributed by atoms with Crippen LogP contribution in [0.5, 0.6) is 0 Å². The van der Waals surface area contributed by atoms with Gasteiger partial charge in [-0.25, -0.2) is 0 Å². The maximum absolute atomic E-state index is 12.2. The molecule has 0 atom stereocenters. The van der Waals surface area contributed by atoms with Gasteiger partial charge in [0.15, 0.2) is 0 Å². The van der Waals surface area contributed by atoms with E-state index in [1.165, 1.54) is 18.3 Å². The molecule has 0 radical (unpaired) electrons. The second-order valence-electron chi connectivity index (χ2n) is 5.44. The number of hydrogen-bond acceptors (Lipinski definition) is 3. The minimum Gasteiger partial charge on any atom is -0.334 e. The molecule has 1 aliphatic carbocycles. The van der Waals surface area contributed by atoms with E-state index in [1.54, 1.807) is 0 Å². The lowest BCUT2D eigenvalue weighted by Gasteiger charge is -2.35. The molecule has 0 spiro atoms. The maximum atomic E-state index is 12.2. The number of nitrogens with zero attached hydrogens (tertiary/aromatic N) is 1. The summed E-state index contributed by atoms with van der Waals surface area (Å²) in [6, 6.07) is 5.05. The summed E-state index contributed by atoms with van der Waals surface area (Å²) < 4.78 is 0. The topological polar surface area (TPSA) is 85.8 Å². The molecule has 5 nitrogen and oxygen atoms in total. The van der Waals surface area contributed by atoms with Gasteiger partial charge in [-0.3, -0.25) is 9.59 Å². The summed E-state index contributed by atoms with van der Waals surface area (Å²) in [5.41, 5.74) is -0.643. The summed E-state index contributed by atoms with van der Waals surface area (Å²) in [7, 11) is 0. The van der Waals surface area contributed by atoms with Crippen molar-refractivity contribution < 1.29 is 4.79 Å². The summed E-state index contributed by atoms with van der Waals surface area (Å²) in [6.45, 7) is 2.16. The van der Waals surface area contributed by atoms with Gasteiger partial charge in [-0.2, -0.15) is 5.26 Å². The summed E-state index contributed by atoms with van der Waals surface area (Å²) in [6.07, 6.45) is 5.82. The van der Waals surface area contributed by atoms with Gasteiger partial charge in [0.1, 0.15) is 5.54 Å². The van der Waals surface area contributed by atoms with E-state index < -0.39 is 5.54 Å². The Hall–Kier alpha value is -2.09. The number of aromatic amines is 1. The van der Waals surface area contributed by atoms with Crippen LogP contribution in [0.3, 0.4) is 0 Å². The summed E-state index contributed by atoms with van der Waals surface area (Å²) in [5.74, 6) is 0.346. The standard InChI is InChI=1S/C15H19N3O2/c1-2-11-5-7-15(10-16,8-6-11)18-14(20)12-3-4-13(19)17-9-12/h3-4,9,11H,2,5-8H2,1H3,(H,17,19)(H,18,20). The highest BCUT2D eigenvalue weighted by atomic mass is 16.2. The van der Waals surface area contributed by atoms with Gasteiger partial charge >= 0.3 is 0 Å². The van der Waals surface area contributed by atoms with E-state index in [2.05, 4.69) is 23.3 Å². The fourth-order valence-electron chi connectivity index (χ4n) is 2.68. The number of nitriles is 1. The zero-order valence-corrected chi connectivity index (χ0v) is 11.6. The molecule has 1 saturated carbocycles. The van der Waals surface area contributed by atoms with Crippen LogP contribution in [0.4, 0.5) is 0 Å². The molecule has 0 aliphatic heterocycles. The van der Waals surface area contributed by atoms with Crippen LogP contribution in [0.25, 0.3) is 0 Å². The Morgan fingerprint density at radius 3 is 2.70 bits per heavy atom. The van der Waals surface area contributed by atoms with Crippen molar-refractivity contribution in [2.75, 3.05) is 0 Å². The average molecular weight is 273 g/mol. The van der Waals surface area contributed by atoms with E-state index in [1.807, 2.05) is 0 Å². The molecule has 2 rings (SSSR count).